The molecule has 0 amide bonds. The van der Waals surface area contributed by atoms with E-state index < -0.39 is 18.4 Å². The van der Waals surface area contributed by atoms with Crippen LogP contribution < -0.4 is 3.78 Å². The van der Waals surface area contributed by atoms with Crippen LogP contribution in [0.3, 0.4) is 0 Å². The van der Waals surface area contributed by atoms with E-state index in [1.807, 2.05) is 0 Å². The summed E-state index contributed by atoms with van der Waals surface area (Å²) in [5.74, 6) is 1.88. The molecule has 0 aromatic carbocycles. The van der Waals surface area contributed by atoms with Gasteiger partial charge in [0.25, 0.3) is 0 Å². The minimum atomic E-state index is -2.03. The summed E-state index contributed by atoms with van der Waals surface area (Å²) in [5, 5.41) is 0. The monoisotopic (exact) mass is 339 g/mol. The van der Waals surface area contributed by atoms with E-state index in [1.165, 1.54) is 35.3 Å². The molecule has 1 aromatic heterocycles. The number of rotatable bonds is 2. The van der Waals surface area contributed by atoms with E-state index in [1.54, 1.807) is 0 Å². The molecule has 3 aliphatic rings. The Morgan fingerprint density at radius 3 is 2.35 bits per heavy atom. The zero-order valence-corrected chi connectivity index (χ0v) is 13.8. The summed E-state index contributed by atoms with van der Waals surface area (Å²) >= 11 is -2.03. The molecule has 3 aliphatic heterocycles. The van der Waals surface area contributed by atoms with Gasteiger partial charge < -0.3 is 0 Å². The van der Waals surface area contributed by atoms with Crippen LogP contribution in [0.1, 0.15) is 18.6 Å². The molecule has 3 heteroatoms. The third-order valence-electron chi connectivity index (χ3n) is 3.92. The molecule has 0 unspecified atom stereocenters. The van der Waals surface area contributed by atoms with Crippen LogP contribution in [-0.2, 0) is 0 Å². The van der Waals surface area contributed by atoms with Crippen molar-refractivity contribution in [2.45, 2.75) is 27.7 Å². The molecule has 0 saturated carbocycles. The van der Waals surface area contributed by atoms with Crippen LogP contribution >= 0.6 is 0 Å². The van der Waals surface area contributed by atoms with E-state index in [-0.39, 0.29) is 0 Å². The van der Waals surface area contributed by atoms with Crippen LogP contribution in [0, 0.1) is 5.92 Å². The Morgan fingerprint density at radius 2 is 1.88 bits per heavy atom. The summed E-state index contributed by atoms with van der Waals surface area (Å²) in [7, 11) is 0. The molecule has 2 bridgehead atoms. The fraction of sp³-hybridized carbons (Fsp3) is 0.571. The summed E-state index contributed by atoms with van der Waals surface area (Å²) < 4.78 is 7.44. The molecule has 0 atom stereocenters. The van der Waals surface area contributed by atoms with Crippen molar-refractivity contribution in [3.8, 4) is 0 Å². The summed E-state index contributed by atoms with van der Waals surface area (Å²) in [6.45, 7) is 2.47. The molecule has 0 spiro atoms. The molecule has 1 aromatic rings. The molecule has 2 nitrogen and oxygen atoms in total. The molecule has 17 heavy (non-hydrogen) atoms. The van der Waals surface area contributed by atoms with E-state index in [9.17, 15) is 0 Å². The molecule has 1 saturated heterocycles. The Bertz CT molecular complexity index is 447. The van der Waals surface area contributed by atoms with Gasteiger partial charge in [-0.3, -0.25) is 0 Å². The van der Waals surface area contributed by atoms with Crippen molar-refractivity contribution in [1.82, 2.24) is 4.90 Å². The Kier molecular flexibility index (Phi) is 2.80. The van der Waals surface area contributed by atoms with Gasteiger partial charge in [-0.1, -0.05) is 0 Å². The predicted octanol–water partition coefficient (Wildman–Crippen LogP) is 2.89. The number of hydrogen-bond acceptors (Lipinski definition) is 2. The van der Waals surface area contributed by atoms with Gasteiger partial charge in [0.2, 0.25) is 0 Å². The number of nitrogens with zero attached hydrogens (tertiary/aromatic N) is 1. The number of allylic oxidation sites excluding steroid dienone is 1. The summed E-state index contributed by atoms with van der Waals surface area (Å²) in [4.78, 5) is 9.66. The second-order valence-electron chi connectivity index (χ2n) is 6.31. The van der Waals surface area contributed by atoms with Gasteiger partial charge in [0.05, 0.1) is 0 Å². The normalized spacial score (nSPS) is 20.9. The quantitative estimate of drug-likeness (QED) is 0.771. The molecule has 1 fully saturated rings. The SMILES string of the molecule is [CH3][Sn]([CH3])([CH3])[c]1ccc(C2=CN3CCC2CC3)o1. The zero-order chi connectivity index (χ0) is 12.0. The summed E-state index contributed by atoms with van der Waals surface area (Å²) in [6, 6.07) is 4.43. The van der Waals surface area contributed by atoms with Crippen molar-refractivity contribution in [3.63, 3.8) is 0 Å². The van der Waals surface area contributed by atoms with Gasteiger partial charge in [0, 0.05) is 0 Å². The fourth-order valence-electron chi connectivity index (χ4n) is 2.80. The topological polar surface area (TPSA) is 16.4 Å². The molecule has 4 rings (SSSR count). The van der Waals surface area contributed by atoms with E-state index in [0.717, 1.165) is 11.7 Å². The van der Waals surface area contributed by atoms with Crippen LogP contribution in [0.15, 0.2) is 22.7 Å². The van der Waals surface area contributed by atoms with Crippen molar-refractivity contribution >= 4 is 27.7 Å². The summed E-state index contributed by atoms with van der Waals surface area (Å²) in [6.07, 6.45) is 4.94. The van der Waals surface area contributed by atoms with Crippen LogP contribution in [0.2, 0.25) is 14.8 Å². The van der Waals surface area contributed by atoms with Crippen LogP contribution in [0.5, 0.6) is 0 Å². The van der Waals surface area contributed by atoms with Crippen LogP contribution in [-0.4, -0.2) is 36.4 Å². The Hall–Kier alpha value is -0.381. The number of hydrogen-bond donors (Lipinski definition) is 0. The number of piperidine rings is 1. The van der Waals surface area contributed by atoms with Gasteiger partial charge >= 0.3 is 108 Å². The fourth-order valence-corrected chi connectivity index (χ4v) is 5.66. The van der Waals surface area contributed by atoms with Crippen molar-refractivity contribution in [1.29, 1.82) is 0 Å². The maximum atomic E-state index is 6.14. The first-order chi connectivity index (χ1) is 8.04. The van der Waals surface area contributed by atoms with Gasteiger partial charge in [-0.05, 0) is 0 Å². The van der Waals surface area contributed by atoms with E-state index in [4.69, 9.17) is 4.42 Å². The molecule has 0 N–H and O–H groups in total. The van der Waals surface area contributed by atoms with Crippen molar-refractivity contribution in [3.05, 3.63) is 24.1 Å². The molecule has 0 radical (unpaired) electrons. The third kappa shape index (κ3) is 2.16. The van der Waals surface area contributed by atoms with Crippen molar-refractivity contribution in [2.24, 2.45) is 5.92 Å². The predicted molar refractivity (Wildman–Crippen MR) is 74.0 cm³/mol. The van der Waals surface area contributed by atoms with E-state index in [0.29, 0.717) is 0 Å². The van der Waals surface area contributed by atoms with Gasteiger partial charge in [-0.25, -0.2) is 0 Å². The first kappa shape index (κ1) is 11.7. The van der Waals surface area contributed by atoms with Gasteiger partial charge in [0.15, 0.2) is 0 Å². The minimum absolute atomic E-state index is 0.745. The first-order valence-electron chi connectivity index (χ1n) is 6.60. The number of fused-ring (bicyclic) bond motifs is 2. The third-order valence-corrected chi connectivity index (χ3v) is 8.91. The van der Waals surface area contributed by atoms with E-state index in [2.05, 4.69) is 38.1 Å². The molecule has 0 aliphatic carbocycles. The second kappa shape index (κ2) is 4.08. The zero-order valence-electron chi connectivity index (χ0n) is 11.0. The van der Waals surface area contributed by atoms with Crippen molar-refractivity contribution < 1.29 is 4.42 Å². The molecule has 4 heterocycles. The Labute approximate surface area is 108 Å². The average Bonchev–Trinajstić information content (AvgIpc) is 2.79. The second-order valence-corrected chi connectivity index (χ2v) is 20.6. The standard InChI is InChI=1S/C11H12NO.3CH3.Sn/c1-2-11(13-7-1)10-8-12-5-3-9(10)4-6-12;;;;/h1-2,8-9H,3-6H2;3*1H3;. The van der Waals surface area contributed by atoms with Crippen molar-refractivity contribution in [2.75, 3.05) is 13.1 Å². The van der Waals surface area contributed by atoms with Crippen LogP contribution in [0.25, 0.3) is 5.57 Å². The molecular weight excluding hydrogens is 317 g/mol. The number of furan rings is 1. The first-order valence-corrected chi connectivity index (χ1v) is 16.6. The summed E-state index contributed by atoms with van der Waals surface area (Å²) in [5.41, 5.74) is 1.45. The van der Waals surface area contributed by atoms with E-state index >= 15 is 0 Å². The van der Waals surface area contributed by atoms with Crippen LogP contribution in [0.4, 0.5) is 0 Å². The Balaban J connectivity index is 1.93. The molecular formula is C14H21NOSn. The van der Waals surface area contributed by atoms with Gasteiger partial charge in [-0.2, -0.15) is 0 Å². The molecule has 92 valence electrons. The average molecular weight is 338 g/mol. The van der Waals surface area contributed by atoms with Gasteiger partial charge in [-0.15, -0.1) is 0 Å². The Morgan fingerprint density at radius 1 is 1.18 bits per heavy atom. The van der Waals surface area contributed by atoms with Gasteiger partial charge in [0.1, 0.15) is 0 Å². The maximum absolute atomic E-state index is 6.14.